The van der Waals surface area contributed by atoms with Crippen LogP contribution in [0.3, 0.4) is 0 Å². The van der Waals surface area contributed by atoms with Crippen LogP contribution in [0.15, 0.2) is 22.5 Å². The van der Waals surface area contributed by atoms with Crippen molar-refractivity contribution in [3.63, 3.8) is 0 Å². The van der Waals surface area contributed by atoms with Gasteiger partial charge in [-0.25, -0.2) is 0 Å². The van der Waals surface area contributed by atoms with E-state index in [0.717, 1.165) is 38.6 Å². The third kappa shape index (κ3) is 7.27. The van der Waals surface area contributed by atoms with E-state index in [1.165, 1.54) is 4.88 Å². The molecule has 0 spiro atoms. The minimum absolute atomic E-state index is 0.590. The highest BCUT2D eigenvalue weighted by Crippen LogP contribution is 2.13. The second-order valence-electron chi connectivity index (χ2n) is 5.99. The van der Waals surface area contributed by atoms with Gasteiger partial charge in [0.05, 0.1) is 0 Å². The van der Waals surface area contributed by atoms with Gasteiger partial charge in [-0.05, 0) is 44.2 Å². The van der Waals surface area contributed by atoms with Crippen LogP contribution in [-0.2, 0) is 6.42 Å². The highest BCUT2D eigenvalue weighted by atomic mass is 32.1. The van der Waals surface area contributed by atoms with Crippen molar-refractivity contribution in [3.05, 3.63) is 22.4 Å². The van der Waals surface area contributed by atoms with Crippen molar-refractivity contribution in [1.29, 1.82) is 0 Å². The lowest BCUT2D eigenvalue weighted by Gasteiger charge is -2.25. The van der Waals surface area contributed by atoms with Gasteiger partial charge in [-0.1, -0.05) is 19.9 Å². The van der Waals surface area contributed by atoms with E-state index in [1.54, 1.807) is 0 Å². The predicted octanol–water partition coefficient (Wildman–Crippen LogP) is 2.82. The summed E-state index contributed by atoms with van der Waals surface area (Å²) >= 11 is 1.83. The summed E-state index contributed by atoms with van der Waals surface area (Å²) in [5.41, 5.74) is 0. The summed E-state index contributed by atoms with van der Waals surface area (Å²) in [5, 5.41) is 8.97. The van der Waals surface area contributed by atoms with Crippen LogP contribution >= 0.6 is 11.3 Å². The summed E-state index contributed by atoms with van der Waals surface area (Å²) in [4.78, 5) is 8.20. The van der Waals surface area contributed by atoms with Crippen molar-refractivity contribution in [2.24, 2.45) is 10.9 Å². The van der Waals surface area contributed by atoms with Crippen molar-refractivity contribution >= 4 is 17.3 Å². The Morgan fingerprint density at radius 1 is 1.32 bits per heavy atom. The Kier molecular flexibility index (Phi) is 9.16. The second-order valence-corrected chi connectivity index (χ2v) is 7.02. The molecule has 0 radical (unpaired) electrons. The van der Waals surface area contributed by atoms with Gasteiger partial charge in [0.2, 0.25) is 0 Å². The highest BCUT2D eigenvalue weighted by molar-refractivity contribution is 7.09. The largest absolute Gasteiger partial charge is 0.356 e. The Morgan fingerprint density at radius 2 is 2.09 bits per heavy atom. The van der Waals surface area contributed by atoms with Crippen molar-refractivity contribution in [3.8, 4) is 0 Å². The fourth-order valence-electron chi connectivity index (χ4n) is 2.44. The van der Waals surface area contributed by atoms with Crippen molar-refractivity contribution in [2.45, 2.75) is 40.2 Å². The normalized spacial score (nSPS) is 13.7. The molecule has 0 aliphatic heterocycles. The molecule has 1 rings (SSSR count). The molecule has 126 valence electrons. The third-order valence-corrected chi connectivity index (χ3v) is 4.70. The Labute approximate surface area is 140 Å². The molecule has 1 atom stereocenters. The summed E-state index contributed by atoms with van der Waals surface area (Å²) < 4.78 is 0. The van der Waals surface area contributed by atoms with Gasteiger partial charge in [0.25, 0.3) is 0 Å². The zero-order valence-electron chi connectivity index (χ0n) is 14.7. The molecule has 1 aromatic heterocycles. The number of rotatable bonds is 9. The molecule has 0 fully saturated rings. The van der Waals surface area contributed by atoms with Crippen molar-refractivity contribution < 1.29 is 0 Å². The topological polar surface area (TPSA) is 39.7 Å². The molecule has 1 heterocycles. The van der Waals surface area contributed by atoms with Gasteiger partial charge in [0, 0.05) is 37.6 Å². The average Bonchev–Trinajstić information content (AvgIpc) is 2.99. The number of nitrogens with one attached hydrogen (secondary N) is 2. The number of hydrogen-bond donors (Lipinski definition) is 2. The molecule has 0 aromatic carbocycles. The zero-order chi connectivity index (χ0) is 16.4. The molecular formula is C17H32N4S. The third-order valence-electron chi connectivity index (χ3n) is 3.80. The average molecular weight is 325 g/mol. The van der Waals surface area contributed by atoms with E-state index in [2.05, 4.69) is 65.7 Å². The maximum absolute atomic E-state index is 4.30. The first-order valence-electron chi connectivity index (χ1n) is 8.27. The van der Waals surface area contributed by atoms with E-state index in [4.69, 9.17) is 0 Å². The summed E-state index contributed by atoms with van der Waals surface area (Å²) in [6.07, 6.45) is 1.12. The van der Waals surface area contributed by atoms with Crippen LogP contribution < -0.4 is 10.6 Å². The number of nitrogens with zero attached hydrogens (tertiary/aromatic N) is 2. The maximum atomic E-state index is 4.30. The summed E-state index contributed by atoms with van der Waals surface area (Å²) in [6.45, 7) is 13.0. The Morgan fingerprint density at radius 3 is 2.64 bits per heavy atom. The summed E-state index contributed by atoms with van der Waals surface area (Å²) in [7, 11) is 1.83. The number of guanidine groups is 1. The number of hydrogen-bond acceptors (Lipinski definition) is 3. The van der Waals surface area contributed by atoms with Crippen LogP contribution in [-0.4, -0.2) is 50.1 Å². The van der Waals surface area contributed by atoms with E-state index in [0.29, 0.717) is 12.0 Å². The molecule has 0 bridgehead atoms. The molecule has 0 saturated heterocycles. The molecule has 22 heavy (non-hydrogen) atoms. The lowest BCUT2D eigenvalue weighted by atomic mass is 10.1. The summed E-state index contributed by atoms with van der Waals surface area (Å²) in [5.74, 6) is 1.50. The Bertz CT molecular complexity index is 414. The van der Waals surface area contributed by atoms with E-state index >= 15 is 0 Å². The van der Waals surface area contributed by atoms with Gasteiger partial charge in [0.1, 0.15) is 0 Å². The quantitative estimate of drug-likeness (QED) is 0.542. The molecule has 1 unspecified atom stereocenters. The highest BCUT2D eigenvalue weighted by Gasteiger charge is 2.08. The molecule has 5 heteroatoms. The summed E-state index contributed by atoms with van der Waals surface area (Å²) in [6, 6.07) is 4.92. The first-order chi connectivity index (χ1) is 10.6. The Balaban J connectivity index is 2.24. The molecule has 1 aromatic rings. The molecule has 4 nitrogen and oxygen atoms in total. The molecule has 0 amide bonds. The number of likely N-dealkylation sites (N-methyl/N-ethyl adjacent to an activating group) is 1. The van der Waals surface area contributed by atoms with Crippen LogP contribution in [0.4, 0.5) is 0 Å². The molecule has 0 aliphatic rings. The predicted molar refractivity (Wildman–Crippen MR) is 98.9 cm³/mol. The van der Waals surface area contributed by atoms with E-state index in [1.807, 2.05) is 18.4 Å². The monoisotopic (exact) mass is 324 g/mol. The fraction of sp³-hybridized carbons (Fsp3) is 0.706. The van der Waals surface area contributed by atoms with Crippen LogP contribution in [0.25, 0.3) is 0 Å². The van der Waals surface area contributed by atoms with Gasteiger partial charge >= 0.3 is 0 Å². The first kappa shape index (κ1) is 19.0. The van der Waals surface area contributed by atoms with Gasteiger partial charge in [-0.2, -0.15) is 0 Å². The van der Waals surface area contributed by atoms with E-state index in [9.17, 15) is 0 Å². The molecular weight excluding hydrogens is 292 g/mol. The smallest absolute Gasteiger partial charge is 0.191 e. The van der Waals surface area contributed by atoms with Crippen molar-refractivity contribution in [2.75, 3.05) is 33.2 Å². The number of thiophene rings is 1. The minimum atomic E-state index is 0.590. The van der Waals surface area contributed by atoms with E-state index in [-0.39, 0.29) is 0 Å². The van der Waals surface area contributed by atoms with Crippen LogP contribution in [0, 0.1) is 5.92 Å². The minimum Gasteiger partial charge on any atom is -0.356 e. The van der Waals surface area contributed by atoms with Gasteiger partial charge in [-0.15, -0.1) is 11.3 Å². The van der Waals surface area contributed by atoms with Crippen LogP contribution in [0.1, 0.15) is 32.6 Å². The standard InChI is InChI=1S/C17H32N4S/c1-6-21(14(2)3)10-9-19-17(18-5)20-13-15(4)12-16-8-7-11-22-16/h7-8,11,14-15H,6,9-10,12-13H2,1-5H3,(H2,18,19,20). The first-order valence-corrected chi connectivity index (χ1v) is 9.15. The van der Waals surface area contributed by atoms with Crippen LogP contribution in [0.5, 0.6) is 0 Å². The fourth-order valence-corrected chi connectivity index (χ4v) is 3.31. The van der Waals surface area contributed by atoms with Gasteiger partial charge in [-0.3, -0.25) is 9.89 Å². The molecule has 0 aliphatic carbocycles. The second kappa shape index (κ2) is 10.6. The van der Waals surface area contributed by atoms with Crippen LogP contribution in [0.2, 0.25) is 0 Å². The van der Waals surface area contributed by atoms with Crippen molar-refractivity contribution in [1.82, 2.24) is 15.5 Å². The maximum Gasteiger partial charge on any atom is 0.191 e. The number of aliphatic imine (C=N–C) groups is 1. The lowest BCUT2D eigenvalue weighted by Crippen LogP contribution is -2.44. The zero-order valence-corrected chi connectivity index (χ0v) is 15.5. The molecule has 0 saturated carbocycles. The van der Waals surface area contributed by atoms with Gasteiger partial charge < -0.3 is 10.6 Å². The van der Waals surface area contributed by atoms with E-state index < -0.39 is 0 Å². The molecule has 2 N–H and O–H groups in total. The SMILES string of the molecule is CCN(CCNC(=NC)NCC(C)Cc1cccs1)C(C)C. The van der Waals surface area contributed by atoms with Gasteiger partial charge in [0.15, 0.2) is 5.96 Å². The Hall–Kier alpha value is -1.07. The lowest BCUT2D eigenvalue weighted by molar-refractivity contribution is 0.237.